The molecule has 1 rings (SSSR count). The Morgan fingerprint density at radius 1 is 1.62 bits per heavy atom. The quantitative estimate of drug-likeness (QED) is 0.789. The lowest BCUT2D eigenvalue weighted by Crippen LogP contribution is -2.35. The number of nitrogens with one attached hydrogen (secondary N) is 1. The molecule has 0 fully saturated rings. The number of amides is 1. The number of nitrogens with zero attached hydrogens (tertiary/aromatic N) is 1. The normalized spacial score (nSPS) is 12.2. The number of hydrogen-bond donors (Lipinski definition) is 2. The van der Waals surface area contributed by atoms with Gasteiger partial charge in [-0.15, -0.1) is 0 Å². The summed E-state index contributed by atoms with van der Waals surface area (Å²) in [5.74, 6) is -0.106. The van der Waals surface area contributed by atoms with Gasteiger partial charge in [-0.05, 0) is 31.9 Å². The Morgan fingerprint density at radius 2 is 2.38 bits per heavy atom. The molecule has 0 aliphatic carbocycles. The van der Waals surface area contributed by atoms with Gasteiger partial charge < -0.3 is 10.4 Å². The summed E-state index contributed by atoms with van der Waals surface area (Å²) in [5.41, 5.74) is 1.44. The minimum absolute atomic E-state index is 0.0333. The van der Waals surface area contributed by atoms with Crippen LogP contribution in [0.2, 0.25) is 0 Å². The highest BCUT2D eigenvalue weighted by molar-refractivity contribution is 5.94. The molecule has 16 heavy (non-hydrogen) atoms. The first-order valence-corrected chi connectivity index (χ1v) is 5.51. The molecule has 1 unspecified atom stereocenters. The number of aliphatic hydroxyl groups is 1. The van der Waals surface area contributed by atoms with E-state index in [1.165, 1.54) is 0 Å². The van der Waals surface area contributed by atoms with Crippen LogP contribution in [-0.2, 0) is 0 Å². The monoisotopic (exact) mass is 222 g/mol. The van der Waals surface area contributed by atoms with E-state index in [2.05, 4.69) is 10.3 Å². The maximum atomic E-state index is 11.8. The summed E-state index contributed by atoms with van der Waals surface area (Å²) in [6.45, 7) is 3.92. The maximum absolute atomic E-state index is 11.8. The summed E-state index contributed by atoms with van der Waals surface area (Å²) in [7, 11) is 0. The summed E-state index contributed by atoms with van der Waals surface area (Å²) < 4.78 is 0. The second kappa shape index (κ2) is 6.23. The number of carbonyl (C=O) groups is 1. The molecule has 0 aliphatic rings. The number of pyridine rings is 1. The summed E-state index contributed by atoms with van der Waals surface area (Å²) in [6, 6.07) is 3.47. The van der Waals surface area contributed by atoms with Gasteiger partial charge in [-0.1, -0.05) is 6.92 Å². The van der Waals surface area contributed by atoms with Crippen LogP contribution in [0.4, 0.5) is 0 Å². The van der Waals surface area contributed by atoms with Crippen LogP contribution in [0.1, 0.15) is 35.8 Å². The molecule has 1 heterocycles. The van der Waals surface area contributed by atoms with Crippen LogP contribution >= 0.6 is 0 Å². The molecule has 2 N–H and O–H groups in total. The van der Waals surface area contributed by atoms with Crippen molar-refractivity contribution in [3.05, 3.63) is 29.6 Å². The molecule has 1 amide bonds. The number of aromatic nitrogens is 1. The first-order chi connectivity index (χ1) is 7.67. The molecule has 0 bridgehead atoms. The van der Waals surface area contributed by atoms with Gasteiger partial charge in [0, 0.05) is 30.1 Å². The van der Waals surface area contributed by atoms with E-state index in [1.807, 2.05) is 13.8 Å². The Bertz CT molecular complexity index is 353. The van der Waals surface area contributed by atoms with Crippen LogP contribution in [-0.4, -0.2) is 28.6 Å². The van der Waals surface area contributed by atoms with Crippen molar-refractivity contribution >= 4 is 5.91 Å². The minimum atomic E-state index is -0.106. The van der Waals surface area contributed by atoms with E-state index >= 15 is 0 Å². The molecule has 0 radical (unpaired) electrons. The summed E-state index contributed by atoms with van der Waals surface area (Å²) >= 11 is 0. The Kier molecular flexibility index (Phi) is 4.92. The van der Waals surface area contributed by atoms with E-state index in [4.69, 9.17) is 5.11 Å². The van der Waals surface area contributed by atoms with Crippen LogP contribution in [0.3, 0.4) is 0 Å². The molecule has 4 heteroatoms. The van der Waals surface area contributed by atoms with E-state index in [0.29, 0.717) is 12.0 Å². The lowest BCUT2D eigenvalue weighted by atomic mass is 10.1. The average molecular weight is 222 g/mol. The van der Waals surface area contributed by atoms with Crippen molar-refractivity contribution in [3.63, 3.8) is 0 Å². The molecule has 4 nitrogen and oxygen atoms in total. The average Bonchev–Trinajstić information content (AvgIpc) is 2.28. The predicted octanol–water partition coefficient (Wildman–Crippen LogP) is 1.28. The zero-order chi connectivity index (χ0) is 12.0. The van der Waals surface area contributed by atoms with Crippen molar-refractivity contribution in [1.29, 1.82) is 0 Å². The fraction of sp³-hybridized carbons (Fsp3) is 0.500. The lowest BCUT2D eigenvalue weighted by Gasteiger charge is -2.15. The van der Waals surface area contributed by atoms with Gasteiger partial charge in [0.1, 0.15) is 0 Å². The fourth-order valence-corrected chi connectivity index (χ4v) is 1.49. The number of hydrogen-bond acceptors (Lipinski definition) is 3. The lowest BCUT2D eigenvalue weighted by molar-refractivity contribution is 0.0929. The smallest absolute Gasteiger partial charge is 0.251 e. The van der Waals surface area contributed by atoms with E-state index in [9.17, 15) is 4.79 Å². The molecule has 0 spiro atoms. The molecule has 0 saturated heterocycles. The highest BCUT2D eigenvalue weighted by atomic mass is 16.3. The third-order valence-electron chi connectivity index (χ3n) is 2.46. The second-order valence-electron chi connectivity index (χ2n) is 3.78. The van der Waals surface area contributed by atoms with Crippen molar-refractivity contribution < 1.29 is 9.90 Å². The van der Waals surface area contributed by atoms with Gasteiger partial charge in [0.05, 0.1) is 0 Å². The van der Waals surface area contributed by atoms with Crippen LogP contribution in [0.15, 0.2) is 18.3 Å². The molecule has 0 aromatic carbocycles. The Hall–Kier alpha value is -1.42. The fourth-order valence-electron chi connectivity index (χ4n) is 1.49. The van der Waals surface area contributed by atoms with Gasteiger partial charge in [0.25, 0.3) is 5.91 Å². The van der Waals surface area contributed by atoms with Crippen molar-refractivity contribution in [1.82, 2.24) is 10.3 Å². The van der Waals surface area contributed by atoms with Crippen molar-refractivity contribution in [2.24, 2.45) is 0 Å². The predicted molar refractivity (Wildman–Crippen MR) is 62.2 cm³/mol. The largest absolute Gasteiger partial charge is 0.396 e. The number of carbonyl (C=O) groups excluding carboxylic acids is 1. The standard InChI is InChI=1S/C12H18N2O2/c1-3-11(5-7-15)14-12(16)10-4-6-13-9(2)8-10/h4,6,8,11,15H,3,5,7H2,1-2H3,(H,14,16). The molecule has 88 valence electrons. The molecule has 1 atom stereocenters. The van der Waals surface area contributed by atoms with E-state index < -0.39 is 0 Å². The number of aliphatic hydroxyl groups excluding tert-OH is 1. The van der Waals surface area contributed by atoms with Crippen molar-refractivity contribution in [3.8, 4) is 0 Å². The maximum Gasteiger partial charge on any atom is 0.251 e. The Labute approximate surface area is 95.7 Å². The van der Waals surface area contributed by atoms with Gasteiger partial charge in [-0.2, -0.15) is 0 Å². The first kappa shape index (κ1) is 12.6. The molecule has 1 aromatic heterocycles. The molecule has 0 saturated carbocycles. The van der Waals surface area contributed by atoms with Gasteiger partial charge >= 0.3 is 0 Å². The first-order valence-electron chi connectivity index (χ1n) is 5.51. The van der Waals surface area contributed by atoms with Crippen LogP contribution in [0, 0.1) is 6.92 Å². The van der Waals surface area contributed by atoms with Crippen LogP contribution in [0.5, 0.6) is 0 Å². The van der Waals surface area contributed by atoms with Crippen LogP contribution < -0.4 is 5.32 Å². The minimum Gasteiger partial charge on any atom is -0.396 e. The van der Waals surface area contributed by atoms with E-state index in [-0.39, 0.29) is 18.6 Å². The Balaban J connectivity index is 2.64. The molecular formula is C12H18N2O2. The summed E-state index contributed by atoms with van der Waals surface area (Å²) in [6.07, 6.45) is 3.03. The van der Waals surface area contributed by atoms with Gasteiger partial charge in [0.15, 0.2) is 0 Å². The second-order valence-corrected chi connectivity index (χ2v) is 3.78. The number of aryl methyl sites for hydroxylation is 1. The highest BCUT2D eigenvalue weighted by Crippen LogP contribution is 2.03. The highest BCUT2D eigenvalue weighted by Gasteiger charge is 2.11. The molecule has 1 aromatic rings. The topological polar surface area (TPSA) is 62.2 Å². The van der Waals surface area contributed by atoms with Gasteiger partial charge in [-0.25, -0.2) is 0 Å². The summed E-state index contributed by atoms with van der Waals surface area (Å²) in [5, 5.41) is 11.7. The van der Waals surface area contributed by atoms with Gasteiger partial charge in [-0.3, -0.25) is 9.78 Å². The van der Waals surface area contributed by atoms with Crippen molar-refractivity contribution in [2.75, 3.05) is 6.61 Å². The molecule has 0 aliphatic heterocycles. The number of rotatable bonds is 5. The Morgan fingerprint density at radius 3 is 2.94 bits per heavy atom. The van der Waals surface area contributed by atoms with Gasteiger partial charge in [0.2, 0.25) is 0 Å². The van der Waals surface area contributed by atoms with Crippen molar-refractivity contribution in [2.45, 2.75) is 32.7 Å². The van der Waals surface area contributed by atoms with Crippen LogP contribution in [0.25, 0.3) is 0 Å². The zero-order valence-electron chi connectivity index (χ0n) is 9.73. The summed E-state index contributed by atoms with van der Waals surface area (Å²) in [4.78, 5) is 15.9. The van der Waals surface area contributed by atoms with E-state index in [0.717, 1.165) is 12.1 Å². The zero-order valence-corrected chi connectivity index (χ0v) is 9.73. The SMILES string of the molecule is CCC(CCO)NC(=O)c1ccnc(C)c1. The third kappa shape index (κ3) is 3.62. The van der Waals surface area contributed by atoms with E-state index in [1.54, 1.807) is 18.3 Å². The third-order valence-corrected chi connectivity index (χ3v) is 2.46. The molecular weight excluding hydrogens is 204 g/mol.